The lowest BCUT2D eigenvalue weighted by Gasteiger charge is -2.30. The van der Waals surface area contributed by atoms with E-state index in [1.807, 2.05) is 83.3 Å². The summed E-state index contributed by atoms with van der Waals surface area (Å²) in [6, 6.07) is 11.6. The number of hydrogen-bond donors (Lipinski definition) is 2. The first kappa shape index (κ1) is 46.1. The summed E-state index contributed by atoms with van der Waals surface area (Å²) < 4.78 is 35.1. The van der Waals surface area contributed by atoms with E-state index in [1.165, 1.54) is 13.5 Å². The van der Waals surface area contributed by atoms with E-state index in [2.05, 4.69) is 54.4 Å². The molecule has 1 aromatic carbocycles. The zero-order chi connectivity index (χ0) is 39.9. The third kappa shape index (κ3) is 16.4. The monoisotopic (exact) mass is 774 g/mol. The van der Waals surface area contributed by atoms with Crippen LogP contribution in [0, 0.1) is 23.2 Å². The SMILES string of the molecule is CC(C)C(C)(C)C.CC(C)NS(=O)(=O)C1CC1.CC(C)Oc1nc2ccccc2nc1-c1cccs1.COC(=O)N[C@H](C(=O)C(C)C)C1CCCCC1. The molecule has 1 atom stereocenters. The Hall–Kier alpha value is -3.09. The Labute approximate surface area is 323 Å². The van der Waals surface area contributed by atoms with E-state index in [0.717, 1.165) is 66.0 Å². The Kier molecular flexibility index (Phi) is 18.9. The minimum absolute atomic E-state index is 0.0330. The molecule has 0 bridgehead atoms. The number of thiophene rings is 1. The van der Waals surface area contributed by atoms with Crippen molar-refractivity contribution in [1.82, 2.24) is 20.0 Å². The van der Waals surface area contributed by atoms with Gasteiger partial charge in [-0.15, -0.1) is 11.3 Å². The van der Waals surface area contributed by atoms with Gasteiger partial charge in [0.1, 0.15) is 5.69 Å². The molecule has 0 radical (unpaired) electrons. The zero-order valence-electron chi connectivity index (χ0n) is 34.2. The van der Waals surface area contributed by atoms with Crippen molar-refractivity contribution in [3.05, 3.63) is 41.8 Å². The molecule has 2 fully saturated rings. The van der Waals surface area contributed by atoms with Crippen molar-refractivity contribution in [3.63, 3.8) is 0 Å². The van der Waals surface area contributed by atoms with E-state index in [4.69, 9.17) is 9.72 Å². The molecule has 10 nitrogen and oxygen atoms in total. The molecule has 3 aromatic rings. The summed E-state index contributed by atoms with van der Waals surface area (Å²) in [7, 11) is -1.61. The average molecular weight is 775 g/mol. The van der Waals surface area contributed by atoms with Gasteiger partial charge in [0.05, 0.1) is 40.4 Å². The summed E-state index contributed by atoms with van der Waals surface area (Å²) >= 11 is 1.64. The lowest BCUT2D eigenvalue weighted by Crippen LogP contribution is -2.48. The van der Waals surface area contributed by atoms with Crippen molar-refractivity contribution in [2.24, 2.45) is 23.2 Å². The first-order valence-corrected chi connectivity index (χ1v) is 21.6. The van der Waals surface area contributed by atoms with Crippen LogP contribution >= 0.6 is 11.3 Å². The van der Waals surface area contributed by atoms with Crippen LogP contribution in [0.4, 0.5) is 4.79 Å². The van der Waals surface area contributed by atoms with Crippen molar-refractivity contribution in [1.29, 1.82) is 0 Å². The Morgan fingerprint density at radius 1 is 0.849 bits per heavy atom. The number of carbonyl (C=O) groups excluding carboxylic acids is 2. The second-order valence-corrected chi connectivity index (χ2v) is 19.1. The number of aromatic nitrogens is 2. The van der Waals surface area contributed by atoms with Gasteiger partial charge in [-0.05, 0) is 94.2 Å². The number of ether oxygens (including phenoxy) is 2. The van der Waals surface area contributed by atoms with Gasteiger partial charge in [-0.1, -0.05) is 85.9 Å². The molecule has 0 aliphatic heterocycles. The van der Waals surface area contributed by atoms with Gasteiger partial charge >= 0.3 is 6.09 Å². The minimum atomic E-state index is -2.94. The first-order chi connectivity index (χ1) is 24.8. The van der Waals surface area contributed by atoms with Crippen molar-refractivity contribution in [2.45, 2.75) is 145 Å². The molecule has 2 aliphatic carbocycles. The van der Waals surface area contributed by atoms with Crippen LogP contribution in [0.25, 0.3) is 21.6 Å². The van der Waals surface area contributed by atoms with Crippen LogP contribution < -0.4 is 14.8 Å². The number of carbonyl (C=O) groups is 2. The normalized spacial score (nSPS) is 15.5. The number of amides is 1. The highest BCUT2D eigenvalue weighted by Gasteiger charge is 2.35. The average Bonchev–Trinajstić information content (AvgIpc) is 3.82. The van der Waals surface area contributed by atoms with E-state index in [1.54, 1.807) is 11.3 Å². The number of benzene rings is 1. The third-order valence-corrected chi connectivity index (χ3v) is 12.2. The molecular formula is C41H66N4O6S2. The number of Topliss-reactive ketones (excluding diaryl/α,β-unsaturated/α-hetero) is 1. The predicted octanol–water partition coefficient (Wildman–Crippen LogP) is 9.83. The molecule has 2 aliphatic rings. The summed E-state index contributed by atoms with van der Waals surface area (Å²) in [4.78, 5) is 33.8. The van der Waals surface area contributed by atoms with Gasteiger partial charge in [-0.25, -0.2) is 27.9 Å². The number of para-hydroxylation sites is 2. The van der Waals surface area contributed by atoms with Crippen molar-refractivity contribution in [3.8, 4) is 16.5 Å². The number of rotatable bonds is 10. The van der Waals surface area contributed by atoms with Crippen LogP contribution in [-0.2, 0) is 19.6 Å². The van der Waals surface area contributed by atoms with E-state index in [-0.39, 0.29) is 41.1 Å². The lowest BCUT2D eigenvalue weighted by atomic mass is 9.80. The van der Waals surface area contributed by atoms with Gasteiger partial charge in [0.25, 0.3) is 0 Å². The van der Waals surface area contributed by atoms with E-state index < -0.39 is 16.1 Å². The largest absolute Gasteiger partial charge is 0.473 e. The van der Waals surface area contributed by atoms with Crippen molar-refractivity contribution < 1.29 is 27.5 Å². The first-order valence-electron chi connectivity index (χ1n) is 19.1. The van der Waals surface area contributed by atoms with Crippen molar-refractivity contribution >= 4 is 44.3 Å². The molecule has 2 aromatic heterocycles. The summed E-state index contributed by atoms with van der Waals surface area (Å²) in [5, 5.41) is 4.65. The van der Waals surface area contributed by atoms with Gasteiger partial charge in [-0.3, -0.25) is 4.79 Å². The van der Waals surface area contributed by atoms with Crippen LogP contribution in [0.2, 0.25) is 0 Å². The number of methoxy groups -OCH3 is 1. The number of ketones is 1. The highest BCUT2D eigenvalue weighted by Crippen LogP contribution is 2.33. The van der Waals surface area contributed by atoms with Gasteiger partial charge in [0.2, 0.25) is 15.9 Å². The Bertz CT molecular complexity index is 1640. The number of alkyl carbamates (subject to hydrolysis) is 1. The Balaban J connectivity index is 0.000000262. The van der Waals surface area contributed by atoms with Gasteiger partial charge in [0, 0.05) is 12.0 Å². The van der Waals surface area contributed by atoms with Gasteiger partial charge in [0.15, 0.2) is 5.78 Å². The van der Waals surface area contributed by atoms with Crippen molar-refractivity contribution in [2.75, 3.05) is 7.11 Å². The van der Waals surface area contributed by atoms with Crippen LogP contribution in [0.5, 0.6) is 5.88 Å². The fraction of sp³-hybridized carbons (Fsp3) is 0.659. The van der Waals surface area contributed by atoms with Crippen LogP contribution in [0.15, 0.2) is 41.8 Å². The van der Waals surface area contributed by atoms with Crippen LogP contribution in [0.1, 0.15) is 121 Å². The molecule has 2 N–H and O–H groups in total. The topological polar surface area (TPSA) is 137 Å². The quantitative estimate of drug-likeness (QED) is 0.208. The fourth-order valence-corrected chi connectivity index (χ4v) is 7.41. The lowest BCUT2D eigenvalue weighted by molar-refractivity contribution is -0.125. The molecule has 12 heteroatoms. The van der Waals surface area contributed by atoms with E-state index in [0.29, 0.717) is 11.3 Å². The molecule has 5 rings (SSSR count). The third-order valence-electron chi connectivity index (χ3n) is 9.19. The molecule has 2 heterocycles. The van der Waals surface area contributed by atoms with Crippen LogP contribution in [-0.4, -0.2) is 60.8 Å². The standard InChI is InChI=1S/C15H14N2OS.C13H23NO3.C7H16.C6H13NO2S/c1-10(2)18-15-14(13-8-5-9-19-13)16-11-6-3-4-7-12(11)17-15;1-9(2)12(15)11(14-13(16)17-3)10-7-5-4-6-8-10;1-6(2)7(3,4)5;1-5(2)7-10(8,9)6-3-4-6/h3-10H,1-2H3;9-11H,4-8H2,1-3H3,(H,14,16);6H,1-5H3;5-7H,3-4H2,1-2H3/t;11-;;/m.0../s1. The number of nitrogens with zero attached hydrogens (tertiary/aromatic N) is 2. The number of hydrogen-bond acceptors (Lipinski definition) is 9. The maximum Gasteiger partial charge on any atom is 0.407 e. The zero-order valence-corrected chi connectivity index (χ0v) is 35.8. The smallest absolute Gasteiger partial charge is 0.407 e. The van der Waals surface area contributed by atoms with Crippen LogP contribution in [0.3, 0.4) is 0 Å². The number of sulfonamides is 1. The Morgan fingerprint density at radius 3 is 1.85 bits per heavy atom. The summed E-state index contributed by atoms with van der Waals surface area (Å²) in [6.07, 6.45) is 6.82. The summed E-state index contributed by atoms with van der Waals surface area (Å²) in [5.41, 5.74) is 3.07. The molecule has 298 valence electrons. The Morgan fingerprint density at radius 2 is 1.42 bits per heavy atom. The molecule has 0 spiro atoms. The summed E-state index contributed by atoms with van der Waals surface area (Å²) in [6.45, 7) is 22.7. The van der Waals surface area contributed by atoms with Gasteiger partial charge < -0.3 is 14.8 Å². The minimum Gasteiger partial charge on any atom is -0.473 e. The maximum atomic E-state index is 12.1. The predicted molar refractivity (Wildman–Crippen MR) is 219 cm³/mol. The molecule has 2 saturated carbocycles. The fourth-order valence-electron chi connectivity index (χ4n) is 5.10. The second kappa shape index (κ2) is 21.7. The second-order valence-electron chi connectivity index (χ2n) is 16.1. The molecule has 0 saturated heterocycles. The number of fused-ring (bicyclic) bond motifs is 1. The molecule has 53 heavy (non-hydrogen) atoms. The maximum absolute atomic E-state index is 12.1. The number of nitrogens with one attached hydrogen (secondary N) is 2. The van der Waals surface area contributed by atoms with E-state index in [9.17, 15) is 18.0 Å². The highest BCUT2D eigenvalue weighted by atomic mass is 32.2. The molecular weight excluding hydrogens is 709 g/mol. The molecule has 1 amide bonds. The van der Waals surface area contributed by atoms with E-state index >= 15 is 0 Å². The summed E-state index contributed by atoms with van der Waals surface area (Å²) in [5.74, 6) is 1.74. The highest BCUT2D eigenvalue weighted by molar-refractivity contribution is 7.90. The molecule has 0 unspecified atom stereocenters. The van der Waals surface area contributed by atoms with Gasteiger partial charge in [-0.2, -0.15) is 0 Å².